The van der Waals surface area contributed by atoms with Gasteiger partial charge in [0.1, 0.15) is 11.6 Å². The van der Waals surface area contributed by atoms with Gasteiger partial charge in [-0.1, -0.05) is 34.5 Å². The molecule has 1 aromatic heterocycles. The van der Waals surface area contributed by atoms with Crippen molar-refractivity contribution < 1.29 is 18.7 Å². The Hall–Kier alpha value is -0.890. The number of nitrogens with zero attached hydrogens (tertiary/aromatic N) is 1. The maximum atomic E-state index is 13.4. The van der Waals surface area contributed by atoms with Crippen LogP contribution in [0.4, 0.5) is 4.39 Å². The zero-order valence-electron chi connectivity index (χ0n) is 9.75. The summed E-state index contributed by atoms with van der Waals surface area (Å²) in [6, 6.07) is 2.45. The molecule has 20 heavy (non-hydrogen) atoms. The minimum atomic E-state index is -0.638. The maximum absolute atomic E-state index is 13.4. The normalized spacial score (nSPS) is 10.4. The molecule has 1 aromatic carbocycles. The van der Waals surface area contributed by atoms with Crippen LogP contribution in [-0.2, 0) is 4.74 Å². The van der Waals surface area contributed by atoms with Crippen LogP contribution in [0.3, 0.4) is 0 Å². The number of esters is 1. The van der Waals surface area contributed by atoms with Gasteiger partial charge in [0, 0.05) is 6.07 Å². The van der Waals surface area contributed by atoms with E-state index in [2.05, 4.69) is 25.7 Å². The number of thiazole rings is 1. The fourth-order valence-corrected chi connectivity index (χ4v) is 3.00. The number of hydrogen-bond donors (Lipinski definition) is 0. The predicted octanol–water partition coefficient (Wildman–Crippen LogP) is 4.93. The number of rotatable bonds is 3. The highest BCUT2D eigenvalue weighted by atomic mass is 79.9. The van der Waals surface area contributed by atoms with Crippen LogP contribution in [0.1, 0.15) is 9.67 Å². The number of benzene rings is 1. The number of halogens is 4. The number of methoxy groups -OCH3 is 1. The third-order valence-electron chi connectivity index (χ3n) is 2.11. The van der Waals surface area contributed by atoms with Gasteiger partial charge in [-0.05, 0) is 22.0 Å². The monoisotopic (exact) mass is 399 g/mol. The number of hydrogen-bond acceptors (Lipinski definition) is 5. The van der Waals surface area contributed by atoms with E-state index in [0.717, 1.165) is 17.4 Å². The summed E-state index contributed by atoms with van der Waals surface area (Å²) in [6.45, 7) is 0. The van der Waals surface area contributed by atoms with Crippen molar-refractivity contribution in [1.82, 2.24) is 4.98 Å². The second-order valence-corrected chi connectivity index (χ2v) is 5.97. The van der Waals surface area contributed by atoms with Crippen molar-refractivity contribution in [2.75, 3.05) is 7.11 Å². The average Bonchev–Trinajstić information content (AvgIpc) is 2.76. The molecule has 0 radical (unpaired) electrons. The van der Waals surface area contributed by atoms with Gasteiger partial charge < -0.3 is 9.47 Å². The van der Waals surface area contributed by atoms with E-state index in [1.807, 2.05) is 0 Å². The Morgan fingerprint density at radius 2 is 2.15 bits per heavy atom. The van der Waals surface area contributed by atoms with Crippen LogP contribution in [0.5, 0.6) is 10.9 Å². The van der Waals surface area contributed by atoms with Gasteiger partial charge in [0.05, 0.1) is 16.6 Å². The van der Waals surface area contributed by atoms with Crippen LogP contribution in [0.2, 0.25) is 10.2 Å². The Balaban J connectivity index is 2.31. The molecule has 0 saturated carbocycles. The van der Waals surface area contributed by atoms with Gasteiger partial charge in [-0.3, -0.25) is 0 Å². The van der Waals surface area contributed by atoms with E-state index in [-0.39, 0.29) is 26.0 Å². The topological polar surface area (TPSA) is 48.4 Å². The van der Waals surface area contributed by atoms with Crippen molar-refractivity contribution in [2.45, 2.75) is 0 Å². The van der Waals surface area contributed by atoms with Crippen molar-refractivity contribution in [3.63, 3.8) is 0 Å². The summed E-state index contributed by atoms with van der Waals surface area (Å²) in [7, 11) is 1.23. The first-order valence-corrected chi connectivity index (χ1v) is 7.36. The summed E-state index contributed by atoms with van der Waals surface area (Å²) >= 11 is 15.5. The highest BCUT2D eigenvalue weighted by molar-refractivity contribution is 9.10. The molecule has 0 unspecified atom stereocenters. The Morgan fingerprint density at radius 1 is 1.45 bits per heavy atom. The Kier molecular flexibility index (Phi) is 4.85. The molecule has 2 rings (SSSR count). The minimum absolute atomic E-state index is 0.0394. The molecule has 0 aliphatic heterocycles. The van der Waals surface area contributed by atoms with Gasteiger partial charge in [-0.15, -0.1) is 0 Å². The van der Waals surface area contributed by atoms with Crippen LogP contribution in [0.15, 0.2) is 16.6 Å². The molecule has 1 heterocycles. The van der Waals surface area contributed by atoms with Gasteiger partial charge >= 0.3 is 5.97 Å². The van der Waals surface area contributed by atoms with Crippen LogP contribution in [-0.4, -0.2) is 18.1 Å². The third kappa shape index (κ3) is 3.22. The van der Waals surface area contributed by atoms with Crippen LogP contribution in [0.25, 0.3) is 0 Å². The van der Waals surface area contributed by atoms with E-state index in [1.165, 1.54) is 13.2 Å². The standard InChI is InChI=1S/C11H5BrCl2FNO3S/c1-18-10(17)8-9(14)16-11(20-8)19-7-3-6(15)5(13)2-4(7)12/h2-3H,1H3. The second kappa shape index (κ2) is 6.26. The average molecular weight is 401 g/mol. The van der Waals surface area contributed by atoms with E-state index in [1.54, 1.807) is 0 Å². The summed E-state index contributed by atoms with van der Waals surface area (Å²) in [6.07, 6.45) is 0. The van der Waals surface area contributed by atoms with Crippen molar-refractivity contribution in [3.05, 3.63) is 37.5 Å². The zero-order chi connectivity index (χ0) is 14.9. The number of carbonyl (C=O) groups excluding carboxylic acids is 1. The quantitative estimate of drug-likeness (QED) is 0.541. The molecular weight excluding hydrogens is 396 g/mol. The van der Waals surface area contributed by atoms with E-state index in [9.17, 15) is 9.18 Å². The Bertz CT molecular complexity index is 680. The molecule has 0 amide bonds. The fourth-order valence-electron chi connectivity index (χ4n) is 1.22. The molecule has 0 bridgehead atoms. The van der Waals surface area contributed by atoms with E-state index in [4.69, 9.17) is 27.9 Å². The Labute approximate surface area is 135 Å². The molecule has 9 heteroatoms. The zero-order valence-corrected chi connectivity index (χ0v) is 13.7. The highest BCUT2D eigenvalue weighted by Crippen LogP contribution is 2.37. The van der Waals surface area contributed by atoms with Gasteiger partial charge in [-0.2, -0.15) is 4.98 Å². The van der Waals surface area contributed by atoms with Gasteiger partial charge in [0.2, 0.25) is 0 Å². The van der Waals surface area contributed by atoms with Crippen molar-refractivity contribution in [3.8, 4) is 10.9 Å². The first-order valence-electron chi connectivity index (χ1n) is 4.99. The van der Waals surface area contributed by atoms with Crippen molar-refractivity contribution in [2.24, 2.45) is 0 Å². The van der Waals surface area contributed by atoms with E-state index >= 15 is 0 Å². The Morgan fingerprint density at radius 3 is 2.80 bits per heavy atom. The summed E-state index contributed by atoms with van der Waals surface area (Å²) < 4.78 is 23.7. The molecule has 0 spiro atoms. The first-order chi connectivity index (χ1) is 9.42. The predicted molar refractivity (Wildman–Crippen MR) is 77.6 cm³/mol. The van der Waals surface area contributed by atoms with Crippen molar-refractivity contribution in [1.29, 1.82) is 0 Å². The molecule has 0 aliphatic rings. The summed E-state index contributed by atoms with van der Waals surface area (Å²) in [5, 5.41) is -0.00289. The molecule has 0 saturated heterocycles. The molecule has 106 valence electrons. The van der Waals surface area contributed by atoms with E-state index in [0.29, 0.717) is 4.47 Å². The fraction of sp³-hybridized carbons (Fsp3) is 0.0909. The van der Waals surface area contributed by atoms with E-state index < -0.39 is 11.8 Å². The lowest BCUT2D eigenvalue weighted by atomic mass is 10.3. The number of ether oxygens (including phenoxy) is 2. The van der Waals surface area contributed by atoms with Crippen LogP contribution >= 0.6 is 50.5 Å². The summed E-state index contributed by atoms with van der Waals surface area (Å²) in [5.74, 6) is -1.10. The molecule has 4 nitrogen and oxygen atoms in total. The third-order valence-corrected chi connectivity index (χ3v) is 4.32. The summed E-state index contributed by atoms with van der Waals surface area (Å²) in [4.78, 5) is 15.3. The highest BCUT2D eigenvalue weighted by Gasteiger charge is 2.19. The van der Waals surface area contributed by atoms with Gasteiger partial charge in [0.25, 0.3) is 5.19 Å². The lowest BCUT2D eigenvalue weighted by Gasteiger charge is -2.05. The van der Waals surface area contributed by atoms with Crippen molar-refractivity contribution >= 4 is 56.4 Å². The van der Waals surface area contributed by atoms with Gasteiger partial charge in [-0.25, -0.2) is 9.18 Å². The molecular formula is C11H5BrCl2FNO3S. The number of carbonyl (C=O) groups is 1. The van der Waals surface area contributed by atoms with Crippen LogP contribution < -0.4 is 4.74 Å². The largest absolute Gasteiger partial charge is 0.465 e. The molecule has 0 fully saturated rings. The number of aromatic nitrogens is 1. The summed E-state index contributed by atoms with van der Waals surface area (Å²) in [5.41, 5.74) is 0. The molecule has 0 atom stereocenters. The lowest BCUT2D eigenvalue weighted by molar-refractivity contribution is 0.0606. The minimum Gasteiger partial charge on any atom is -0.465 e. The molecule has 0 aliphatic carbocycles. The molecule has 2 aromatic rings. The van der Waals surface area contributed by atoms with Crippen LogP contribution in [0, 0.1) is 5.82 Å². The first kappa shape index (κ1) is 15.5. The van der Waals surface area contributed by atoms with Gasteiger partial charge in [0.15, 0.2) is 10.0 Å². The second-order valence-electron chi connectivity index (χ2n) is 3.39. The molecule has 0 N–H and O–H groups in total. The maximum Gasteiger partial charge on any atom is 0.351 e. The SMILES string of the molecule is COC(=O)c1sc(Oc2cc(F)c(Cl)cc2Br)nc1Cl. The smallest absolute Gasteiger partial charge is 0.351 e. The lowest BCUT2D eigenvalue weighted by Crippen LogP contribution is -1.98.